The third-order valence-corrected chi connectivity index (χ3v) is 4.66. The third kappa shape index (κ3) is 2.12. The molecular weight excluding hydrogens is 280 g/mol. The van der Waals surface area contributed by atoms with E-state index in [1.165, 1.54) is 0 Å². The van der Waals surface area contributed by atoms with Crippen molar-refractivity contribution >= 4 is 17.2 Å². The standard InChI is InChI=1S/C15H20N6O/c1-9(2)12-5-13(14-18-16-8-21(14)19-12)20-6-10-3-4-11(7-20)17-15(10)22/h5,8-11H,3-4,6-7H2,1-2H3,(H,17,22)/t10-,11+/m1/s1. The zero-order valence-electron chi connectivity index (χ0n) is 12.9. The summed E-state index contributed by atoms with van der Waals surface area (Å²) in [6.45, 7) is 5.82. The fourth-order valence-electron chi connectivity index (χ4n) is 3.38. The van der Waals surface area contributed by atoms with Crippen LogP contribution in [0, 0.1) is 5.92 Å². The van der Waals surface area contributed by atoms with E-state index in [9.17, 15) is 4.79 Å². The Balaban J connectivity index is 1.79. The molecule has 0 spiro atoms. The summed E-state index contributed by atoms with van der Waals surface area (Å²) >= 11 is 0. The van der Waals surface area contributed by atoms with Crippen LogP contribution in [-0.4, -0.2) is 44.8 Å². The van der Waals surface area contributed by atoms with Crippen LogP contribution >= 0.6 is 0 Å². The molecule has 0 saturated carbocycles. The molecule has 7 nitrogen and oxygen atoms in total. The van der Waals surface area contributed by atoms with Crippen LogP contribution in [0.1, 0.15) is 38.3 Å². The van der Waals surface area contributed by atoms with Crippen molar-refractivity contribution in [3.05, 3.63) is 18.1 Å². The summed E-state index contributed by atoms with van der Waals surface area (Å²) in [6.07, 6.45) is 3.66. The zero-order chi connectivity index (χ0) is 15.3. The molecule has 0 aromatic carbocycles. The van der Waals surface area contributed by atoms with E-state index in [0.29, 0.717) is 5.92 Å². The fourth-order valence-corrected chi connectivity index (χ4v) is 3.38. The van der Waals surface area contributed by atoms with Crippen molar-refractivity contribution in [3.63, 3.8) is 0 Å². The highest BCUT2D eigenvalue weighted by Gasteiger charge is 2.35. The second kappa shape index (κ2) is 4.93. The second-order valence-electron chi connectivity index (χ2n) is 6.59. The molecule has 3 aliphatic heterocycles. The first-order valence-electron chi connectivity index (χ1n) is 7.88. The molecule has 7 heteroatoms. The molecular formula is C15H20N6O. The molecule has 2 atom stereocenters. The Morgan fingerprint density at radius 1 is 1.32 bits per heavy atom. The lowest BCUT2D eigenvalue weighted by atomic mass is 9.96. The van der Waals surface area contributed by atoms with Crippen molar-refractivity contribution < 1.29 is 4.79 Å². The van der Waals surface area contributed by atoms with Gasteiger partial charge in [-0.15, -0.1) is 10.2 Å². The molecule has 0 unspecified atom stereocenters. The summed E-state index contributed by atoms with van der Waals surface area (Å²) in [5.74, 6) is 0.584. The second-order valence-corrected chi connectivity index (χ2v) is 6.59. The highest BCUT2D eigenvalue weighted by atomic mass is 16.2. The van der Waals surface area contributed by atoms with Crippen molar-refractivity contribution in [1.82, 2.24) is 25.1 Å². The van der Waals surface area contributed by atoms with Crippen LogP contribution in [-0.2, 0) is 4.79 Å². The molecule has 22 heavy (non-hydrogen) atoms. The number of hydrogen-bond donors (Lipinski definition) is 1. The maximum Gasteiger partial charge on any atom is 0.225 e. The largest absolute Gasteiger partial charge is 0.366 e. The molecule has 5 rings (SSSR count). The van der Waals surface area contributed by atoms with Crippen LogP contribution in [0.2, 0.25) is 0 Å². The Morgan fingerprint density at radius 2 is 2.18 bits per heavy atom. The van der Waals surface area contributed by atoms with Gasteiger partial charge in [0, 0.05) is 19.1 Å². The number of nitrogens with zero attached hydrogens (tertiary/aromatic N) is 5. The number of piperidine rings is 1. The minimum absolute atomic E-state index is 0.0670. The van der Waals surface area contributed by atoms with Crippen molar-refractivity contribution in [2.45, 2.75) is 38.6 Å². The molecule has 3 fully saturated rings. The van der Waals surface area contributed by atoms with Crippen molar-refractivity contribution in [3.8, 4) is 0 Å². The van der Waals surface area contributed by atoms with E-state index >= 15 is 0 Å². The smallest absolute Gasteiger partial charge is 0.225 e. The first kappa shape index (κ1) is 13.5. The average molecular weight is 300 g/mol. The topological polar surface area (TPSA) is 75.4 Å². The van der Waals surface area contributed by atoms with Crippen LogP contribution in [0.3, 0.4) is 0 Å². The van der Waals surface area contributed by atoms with E-state index in [2.05, 4.69) is 45.4 Å². The third-order valence-electron chi connectivity index (χ3n) is 4.66. The summed E-state index contributed by atoms with van der Waals surface area (Å²) in [6, 6.07) is 2.33. The number of fused-ring (bicyclic) bond motifs is 5. The highest BCUT2D eigenvalue weighted by molar-refractivity contribution is 5.82. The van der Waals surface area contributed by atoms with Gasteiger partial charge in [0.2, 0.25) is 11.6 Å². The van der Waals surface area contributed by atoms with E-state index in [1.54, 1.807) is 10.8 Å². The molecule has 2 bridgehead atoms. The van der Waals surface area contributed by atoms with Crippen LogP contribution in [0.5, 0.6) is 0 Å². The fraction of sp³-hybridized carbons (Fsp3) is 0.600. The summed E-state index contributed by atoms with van der Waals surface area (Å²) in [7, 11) is 0. The van der Waals surface area contributed by atoms with E-state index in [4.69, 9.17) is 0 Å². The van der Waals surface area contributed by atoms with Gasteiger partial charge in [0.25, 0.3) is 0 Å². The minimum Gasteiger partial charge on any atom is -0.366 e. The molecule has 2 aromatic rings. The lowest BCUT2D eigenvalue weighted by molar-refractivity contribution is -0.126. The number of aromatic nitrogens is 4. The van der Waals surface area contributed by atoms with Gasteiger partial charge in [-0.3, -0.25) is 4.79 Å². The van der Waals surface area contributed by atoms with E-state index in [1.807, 2.05) is 0 Å². The Kier molecular flexibility index (Phi) is 3.02. The van der Waals surface area contributed by atoms with E-state index < -0.39 is 0 Å². The lowest BCUT2D eigenvalue weighted by Gasteiger charge is -2.25. The average Bonchev–Trinajstić information content (AvgIpc) is 2.79. The van der Waals surface area contributed by atoms with Gasteiger partial charge < -0.3 is 10.2 Å². The molecule has 1 N–H and O–H groups in total. The van der Waals surface area contributed by atoms with Gasteiger partial charge in [-0.1, -0.05) is 13.8 Å². The van der Waals surface area contributed by atoms with Gasteiger partial charge in [0.05, 0.1) is 17.3 Å². The number of rotatable bonds is 2. The molecule has 116 valence electrons. The Bertz CT molecular complexity index is 724. The van der Waals surface area contributed by atoms with Crippen molar-refractivity contribution in [1.29, 1.82) is 0 Å². The molecule has 0 radical (unpaired) electrons. The number of amides is 1. The van der Waals surface area contributed by atoms with Crippen LogP contribution in [0.15, 0.2) is 12.4 Å². The quantitative estimate of drug-likeness (QED) is 0.894. The van der Waals surface area contributed by atoms with Gasteiger partial charge in [-0.05, 0) is 24.8 Å². The monoisotopic (exact) mass is 300 g/mol. The molecule has 3 saturated heterocycles. The minimum atomic E-state index is 0.0670. The predicted octanol–water partition coefficient (Wildman–Crippen LogP) is 0.962. The summed E-state index contributed by atoms with van der Waals surface area (Å²) < 4.78 is 1.74. The Labute approximate surface area is 128 Å². The van der Waals surface area contributed by atoms with Gasteiger partial charge in [0.15, 0.2) is 0 Å². The van der Waals surface area contributed by atoms with Crippen LogP contribution < -0.4 is 10.2 Å². The summed E-state index contributed by atoms with van der Waals surface area (Å²) in [5, 5.41) is 15.9. The van der Waals surface area contributed by atoms with Gasteiger partial charge in [-0.2, -0.15) is 9.61 Å². The Hall–Kier alpha value is -2.18. The number of carbonyl (C=O) groups excluding carboxylic acids is 1. The van der Waals surface area contributed by atoms with Crippen molar-refractivity contribution in [2.75, 3.05) is 18.0 Å². The number of hydrogen-bond acceptors (Lipinski definition) is 5. The van der Waals surface area contributed by atoms with E-state index in [-0.39, 0.29) is 17.9 Å². The predicted molar refractivity (Wildman–Crippen MR) is 81.7 cm³/mol. The molecule has 0 aliphatic carbocycles. The maximum absolute atomic E-state index is 12.1. The molecule has 5 heterocycles. The van der Waals surface area contributed by atoms with Crippen LogP contribution in [0.25, 0.3) is 5.65 Å². The summed E-state index contributed by atoms with van der Waals surface area (Å²) in [4.78, 5) is 14.3. The first-order valence-corrected chi connectivity index (χ1v) is 7.88. The molecule has 2 aromatic heterocycles. The van der Waals surface area contributed by atoms with Gasteiger partial charge in [-0.25, -0.2) is 0 Å². The number of anilines is 1. The maximum atomic E-state index is 12.1. The van der Waals surface area contributed by atoms with Gasteiger partial charge >= 0.3 is 0 Å². The summed E-state index contributed by atoms with van der Waals surface area (Å²) in [5.41, 5.74) is 2.81. The number of nitrogens with one attached hydrogen (secondary N) is 1. The normalized spacial score (nSPS) is 24.9. The molecule has 1 amide bonds. The highest BCUT2D eigenvalue weighted by Crippen LogP contribution is 2.30. The Morgan fingerprint density at radius 3 is 2.95 bits per heavy atom. The SMILES string of the molecule is CC(C)c1cc(N2C[C@@H]3CC[C@H](C2)C(=O)N3)c2nncn2n1. The first-order chi connectivity index (χ1) is 10.6. The molecule has 3 aliphatic rings. The zero-order valence-corrected chi connectivity index (χ0v) is 12.9. The van der Waals surface area contributed by atoms with Crippen LogP contribution in [0.4, 0.5) is 5.69 Å². The van der Waals surface area contributed by atoms with E-state index in [0.717, 1.165) is 43.0 Å². The van der Waals surface area contributed by atoms with Crippen molar-refractivity contribution in [2.24, 2.45) is 5.92 Å². The van der Waals surface area contributed by atoms with Gasteiger partial charge in [0.1, 0.15) is 6.33 Å². The lowest BCUT2D eigenvalue weighted by Crippen LogP contribution is -2.43. The number of carbonyl (C=O) groups is 1.